The van der Waals surface area contributed by atoms with E-state index in [1.165, 1.54) is 10.6 Å². The summed E-state index contributed by atoms with van der Waals surface area (Å²) in [5.74, 6) is -0.0222. The van der Waals surface area contributed by atoms with Crippen LogP contribution in [0.5, 0.6) is 5.75 Å². The first-order valence-electron chi connectivity index (χ1n) is 7.64. The molecule has 1 aromatic heterocycles. The van der Waals surface area contributed by atoms with Crippen molar-refractivity contribution in [3.05, 3.63) is 76.1 Å². The van der Waals surface area contributed by atoms with Crippen LogP contribution in [0.25, 0.3) is 10.9 Å². The van der Waals surface area contributed by atoms with Crippen LogP contribution in [0.15, 0.2) is 59.4 Å². The summed E-state index contributed by atoms with van der Waals surface area (Å²) in [5, 5.41) is 0.817. The molecule has 0 atom stereocenters. The smallest absolute Gasteiger partial charge is 0.251 e. The van der Waals surface area contributed by atoms with E-state index in [4.69, 9.17) is 10.5 Å². The normalized spacial score (nSPS) is 10.7. The van der Waals surface area contributed by atoms with Gasteiger partial charge in [0, 0.05) is 11.5 Å². The predicted molar refractivity (Wildman–Crippen MR) is 92.9 cm³/mol. The van der Waals surface area contributed by atoms with Crippen molar-refractivity contribution in [2.75, 3.05) is 0 Å². The Bertz CT molecular complexity index is 960. The van der Waals surface area contributed by atoms with Crippen LogP contribution in [0.4, 0.5) is 0 Å². The number of benzene rings is 2. The van der Waals surface area contributed by atoms with Crippen LogP contribution in [-0.4, -0.2) is 10.5 Å². The number of amides is 1. The van der Waals surface area contributed by atoms with Gasteiger partial charge in [0.25, 0.3) is 5.56 Å². The number of nitrogens with two attached hydrogens (primary N) is 1. The molecule has 2 aromatic carbocycles. The van der Waals surface area contributed by atoms with Crippen molar-refractivity contribution >= 4 is 16.8 Å². The molecule has 0 spiro atoms. The van der Waals surface area contributed by atoms with E-state index in [0.717, 1.165) is 16.5 Å². The molecule has 0 saturated heterocycles. The van der Waals surface area contributed by atoms with E-state index >= 15 is 0 Å². The van der Waals surface area contributed by atoms with Gasteiger partial charge in [-0.05, 0) is 24.6 Å². The number of para-hydroxylation sites is 1. The maximum absolute atomic E-state index is 12.1. The second-order valence-corrected chi connectivity index (χ2v) is 5.70. The fraction of sp³-hybridized carbons (Fsp3) is 0.158. The van der Waals surface area contributed by atoms with Crippen molar-refractivity contribution < 1.29 is 9.53 Å². The fourth-order valence-corrected chi connectivity index (χ4v) is 2.72. The quantitative estimate of drug-likeness (QED) is 0.783. The molecule has 0 aliphatic heterocycles. The molecule has 2 N–H and O–H groups in total. The molecule has 24 heavy (non-hydrogen) atoms. The molecule has 0 aliphatic rings. The summed E-state index contributed by atoms with van der Waals surface area (Å²) in [6.45, 7) is 2.22. The Morgan fingerprint density at radius 1 is 1.12 bits per heavy atom. The highest BCUT2D eigenvalue weighted by molar-refractivity contribution is 5.86. The number of aromatic nitrogens is 1. The van der Waals surface area contributed by atoms with Gasteiger partial charge in [-0.15, -0.1) is 0 Å². The van der Waals surface area contributed by atoms with Crippen LogP contribution in [0, 0.1) is 6.92 Å². The number of aryl methyl sites for hydroxylation is 1. The summed E-state index contributed by atoms with van der Waals surface area (Å²) >= 11 is 0. The molecule has 0 fully saturated rings. The van der Waals surface area contributed by atoms with Gasteiger partial charge in [0.15, 0.2) is 0 Å². The topological polar surface area (TPSA) is 74.3 Å². The molecule has 122 valence electrons. The van der Waals surface area contributed by atoms with Crippen LogP contribution in [0.1, 0.15) is 11.1 Å². The van der Waals surface area contributed by atoms with E-state index in [0.29, 0.717) is 17.9 Å². The SMILES string of the molecule is Cc1cccc(COc2cccc3ccc(=O)n(CC(N)=O)c23)c1. The summed E-state index contributed by atoms with van der Waals surface area (Å²) in [7, 11) is 0. The number of carbonyl (C=O) groups excluding carboxylic acids is 1. The molecule has 0 radical (unpaired) electrons. The van der Waals surface area contributed by atoms with E-state index < -0.39 is 5.91 Å². The summed E-state index contributed by atoms with van der Waals surface area (Å²) in [6, 6.07) is 16.7. The monoisotopic (exact) mass is 322 g/mol. The lowest BCUT2D eigenvalue weighted by atomic mass is 10.1. The van der Waals surface area contributed by atoms with Crippen molar-refractivity contribution in [1.29, 1.82) is 0 Å². The lowest BCUT2D eigenvalue weighted by Crippen LogP contribution is -2.27. The van der Waals surface area contributed by atoms with E-state index in [-0.39, 0.29) is 12.1 Å². The van der Waals surface area contributed by atoms with Crippen LogP contribution in [-0.2, 0) is 17.9 Å². The Hall–Kier alpha value is -3.08. The Labute approximate surface area is 139 Å². The van der Waals surface area contributed by atoms with Gasteiger partial charge in [-0.25, -0.2) is 0 Å². The molecule has 0 saturated carbocycles. The first kappa shape index (κ1) is 15.8. The first-order valence-corrected chi connectivity index (χ1v) is 7.64. The largest absolute Gasteiger partial charge is 0.487 e. The second kappa shape index (κ2) is 6.58. The van der Waals surface area contributed by atoms with E-state index in [1.54, 1.807) is 12.1 Å². The van der Waals surface area contributed by atoms with Crippen LogP contribution in [0.2, 0.25) is 0 Å². The van der Waals surface area contributed by atoms with Crippen molar-refractivity contribution in [3.8, 4) is 5.75 Å². The number of ether oxygens (including phenoxy) is 1. The maximum Gasteiger partial charge on any atom is 0.251 e. The minimum absolute atomic E-state index is 0.180. The summed E-state index contributed by atoms with van der Waals surface area (Å²) in [4.78, 5) is 23.5. The Kier molecular flexibility index (Phi) is 4.33. The highest BCUT2D eigenvalue weighted by Crippen LogP contribution is 2.25. The van der Waals surface area contributed by atoms with Gasteiger partial charge in [0.1, 0.15) is 18.9 Å². The maximum atomic E-state index is 12.1. The molecule has 0 aliphatic carbocycles. The number of primary amides is 1. The van der Waals surface area contributed by atoms with Gasteiger partial charge in [0.2, 0.25) is 5.91 Å². The van der Waals surface area contributed by atoms with Crippen LogP contribution < -0.4 is 16.0 Å². The minimum Gasteiger partial charge on any atom is -0.487 e. The molecule has 0 unspecified atom stereocenters. The van der Waals surface area contributed by atoms with Crippen LogP contribution >= 0.6 is 0 Å². The van der Waals surface area contributed by atoms with Crippen molar-refractivity contribution in [3.63, 3.8) is 0 Å². The molecule has 5 heteroatoms. The zero-order valence-corrected chi connectivity index (χ0v) is 13.4. The third-order valence-electron chi connectivity index (χ3n) is 3.76. The Morgan fingerprint density at radius 2 is 1.92 bits per heavy atom. The third-order valence-corrected chi connectivity index (χ3v) is 3.76. The van der Waals surface area contributed by atoms with E-state index in [2.05, 4.69) is 0 Å². The first-order chi connectivity index (χ1) is 11.5. The lowest BCUT2D eigenvalue weighted by molar-refractivity contribution is -0.118. The number of nitrogens with zero attached hydrogens (tertiary/aromatic N) is 1. The van der Waals surface area contributed by atoms with Crippen molar-refractivity contribution in [1.82, 2.24) is 4.57 Å². The minimum atomic E-state index is -0.571. The molecule has 5 nitrogen and oxygen atoms in total. The summed E-state index contributed by atoms with van der Waals surface area (Å²) in [5.41, 5.74) is 7.76. The average molecular weight is 322 g/mol. The molecular formula is C19H18N2O3. The highest BCUT2D eigenvalue weighted by Gasteiger charge is 2.11. The fourth-order valence-electron chi connectivity index (χ4n) is 2.72. The number of pyridine rings is 1. The van der Waals surface area contributed by atoms with Crippen molar-refractivity contribution in [2.45, 2.75) is 20.1 Å². The number of hydrogen-bond acceptors (Lipinski definition) is 3. The average Bonchev–Trinajstić information content (AvgIpc) is 2.55. The standard InChI is InChI=1S/C19H18N2O3/c1-13-4-2-5-14(10-13)12-24-16-7-3-6-15-8-9-18(23)21(19(15)16)11-17(20)22/h2-10H,11-12H2,1H3,(H2,20,22). The summed E-state index contributed by atoms with van der Waals surface area (Å²) < 4.78 is 7.28. The zero-order valence-electron chi connectivity index (χ0n) is 13.4. The van der Waals surface area contributed by atoms with Crippen molar-refractivity contribution in [2.24, 2.45) is 5.73 Å². The molecule has 1 amide bonds. The highest BCUT2D eigenvalue weighted by atomic mass is 16.5. The zero-order chi connectivity index (χ0) is 17.1. The number of carbonyl (C=O) groups is 1. The predicted octanol–water partition coefficient (Wildman–Crippen LogP) is 2.37. The molecular weight excluding hydrogens is 304 g/mol. The lowest BCUT2D eigenvalue weighted by Gasteiger charge is -2.14. The van der Waals surface area contributed by atoms with Gasteiger partial charge in [-0.3, -0.25) is 14.2 Å². The van der Waals surface area contributed by atoms with Gasteiger partial charge in [0.05, 0.1) is 5.52 Å². The number of rotatable bonds is 5. The molecule has 0 bridgehead atoms. The number of hydrogen-bond donors (Lipinski definition) is 1. The van der Waals surface area contributed by atoms with Gasteiger partial charge >= 0.3 is 0 Å². The van der Waals surface area contributed by atoms with E-state index in [1.807, 2.05) is 43.3 Å². The Morgan fingerprint density at radius 3 is 2.67 bits per heavy atom. The summed E-state index contributed by atoms with van der Waals surface area (Å²) in [6.07, 6.45) is 0. The molecule has 1 heterocycles. The van der Waals surface area contributed by atoms with Crippen LogP contribution in [0.3, 0.4) is 0 Å². The van der Waals surface area contributed by atoms with Gasteiger partial charge < -0.3 is 10.5 Å². The molecule has 3 aromatic rings. The van der Waals surface area contributed by atoms with Gasteiger partial charge in [-0.2, -0.15) is 0 Å². The third kappa shape index (κ3) is 3.30. The number of fused-ring (bicyclic) bond motifs is 1. The van der Waals surface area contributed by atoms with Gasteiger partial charge in [-0.1, -0.05) is 42.0 Å². The Balaban J connectivity index is 2.02. The second-order valence-electron chi connectivity index (χ2n) is 5.70. The molecule has 3 rings (SSSR count). The van der Waals surface area contributed by atoms with E-state index in [9.17, 15) is 9.59 Å².